The molecule has 0 aliphatic carbocycles. The van der Waals surface area contributed by atoms with Gasteiger partial charge in [0.1, 0.15) is 11.3 Å². The molecule has 0 aliphatic rings. The fourth-order valence-electron chi connectivity index (χ4n) is 2.19. The summed E-state index contributed by atoms with van der Waals surface area (Å²) in [6.45, 7) is 2.88. The molecule has 1 amide bonds. The van der Waals surface area contributed by atoms with Crippen LogP contribution in [0.4, 0.5) is 18.9 Å². The van der Waals surface area contributed by atoms with Crippen molar-refractivity contribution in [2.75, 3.05) is 5.32 Å². The molecule has 0 bridgehead atoms. The van der Waals surface area contributed by atoms with Crippen LogP contribution in [0.25, 0.3) is 0 Å². The van der Waals surface area contributed by atoms with Gasteiger partial charge in [0, 0.05) is 5.02 Å². The van der Waals surface area contributed by atoms with Gasteiger partial charge in [0.15, 0.2) is 6.10 Å². The molecule has 9 heteroatoms. The van der Waals surface area contributed by atoms with E-state index in [2.05, 4.69) is 5.32 Å². The molecular formula is C18H15ClF3NO4. The van der Waals surface area contributed by atoms with Gasteiger partial charge in [-0.15, -0.1) is 0 Å². The van der Waals surface area contributed by atoms with Gasteiger partial charge in [0.2, 0.25) is 0 Å². The van der Waals surface area contributed by atoms with E-state index in [0.29, 0.717) is 11.6 Å². The zero-order valence-corrected chi connectivity index (χ0v) is 15.0. The van der Waals surface area contributed by atoms with Crippen molar-refractivity contribution in [3.63, 3.8) is 0 Å². The van der Waals surface area contributed by atoms with Crippen LogP contribution in [0, 0.1) is 6.92 Å². The second-order valence-corrected chi connectivity index (χ2v) is 6.18. The Labute approximate surface area is 157 Å². The molecule has 5 nitrogen and oxygen atoms in total. The number of amides is 1. The van der Waals surface area contributed by atoms with E-state index in [1.807, 2.05) is 0 Å². The number of rotatable bonds is 4. The number of anilines is 1. The van der Waals surface area contributed by atoms with Crippen LogP contribution >= 0.6 is 11.6 Å². The minimum atomic E-state index is -4.74. The Balaban J connectivity index is 2.15. The normalized spacial score (nSPS) is 12.4. The van der Waals surface area contributed by atoms with E-state index < -0.39 is 35.4 Å². The summed E-state index contributed by atoms with van der Waals surface area (Å²) in [7, 11) is 0. The first-order chi connectivity index (χ1) is 12.5. The van der Waals surface area contributed by atoms with E-state index in [0.717, 1.165) is 6.07 Å². The zero-order valence-electron chi connectivity index (χ0n) is 14.2. The molecular weight excluding hydrogens is 387 g/mol. The fourth-order valence-corrected chi connectivity index (χ4v) is 2.36. The molecule has 2 N–H and O–H groups in total. The molecule has 0 saturated carbocycles. The number of phenols is 1. The molecule has 27 heavy (non-hydrogen) atoms. The number of carbonyl (C=O) groups is 2. The second-order valence-electron chi connectivity index (χ2n) is 5.75. The summed E-state index contributed by atoms with van der Waals surface area (Å²) >= 11 is 5.58. The number of ether oxygens (including phenoxy) is 1. The Bertz CT molecular complexity index is 883. The first-order valence-electron chi connectivity index (χ1n) is 7.67. The lowest BCUT2D eigenvalue weighted by molar-refractivity contribution is -0.137. The van der Waals surface area contributed by atoms with Gasteiger partial charge >= 0.3 is 12.1 Å². The van der Waals surface area contributed by atoms with Crippen molar-refractivity contribution in [3.05, 3.63) is 58.1 Å². The molecule has 1 atom stereocenters. The number of esters is 1. The summed E-state index contributed by atoms with van der Waals surface area (Å²) in [5, 5.41) is 11.6. The topological polar surface area (TPSA) is 75.6 Å². The highest BCUT2D eigenvalue weighted by Crippen LogP contribution is 2.36. The number of phenolic OH excluding ortho intramolecular Hbond substituents is 1. The maximum Gasteiger partial charge on any atom is 0.418 e. The van der Waals surface area contributed by atoms with Crippen LogP contribution in [-0.2, 0) is 15.7 Å². The van der Waals surface area contributed by atoms with E-state index in [1.165, 1.54) is 25.1 Å². The predicted molar refractivity (Wildman–Crippen MR) is 92.8 cm³/mol. The van der Waals surface area contributed by atoms with Crippen LogP contribution in [0.2, 0.25) is 5.02 Å². The molecule has 0 aromatic heterocycles. The number of aromatic hydroxyl groups is 1. The van der Waals surface area contributed by atoms with Gasteiger partial charge in [-0.2, -0.15) is 13.2 Å². The van der Waals surface area contributed by atoms with E-state index >= 15 is 0 Å². The van der Waals surface area contributed by atoms with Crippen molar-refractivity contribution in [1.82, 2.24) is 0 Å². The highest BCUT2D eigenvalue weighted by atomic mass is 35.5. The van der Waals surface area contributed by atoms with Gasteiger partial charge in [0.05, 0.1) is 11.3 Å². The summed E-state index contributed by atoms with van der Waals surface area (Å²) < 4.78 is 44.1. The quantitative estimate of drug-likeness (QED) is 0.736. The van der Waals surface area contributed by atoms with Gasteiger partial charge in [-0.3, -0.25) is 4.79 Å². The summed E-state index contributed by atoms with van der Waals surface area (Å²) in [5.41, 5.74) is -1.12. The van der Waals surface area contributed by atoms with Gasteiger partial charge in [-0.05, 0) is 44.2 Å². The van der Waals surface area contributed by atoms with Crippen molar-refractivity contribution < 1.29 is 32.6 Å². The Hall–Kier alpha value is -2.74. The standard InChI is InChI=1S/C18H15ClF3NO4/c1-9-3-6-15(24)12(7-9)17(26)27-10(2)16(25)23-14-5-4-11(19)8-13(14)18(20,21)22/h3-8,10,24H,1-2H3,(H,23,25)/t10-/m0/s1. The maximum atomic E-state index is 13.1. The Morgan fingerprint density at radius 2 is 1.85 bits per heavy atom. The number of hydrogen-bond donors (Lipinski definition) is 2. The lowest BCUT2D eigenvalue weighted by atomic mass is 10.1. The Morgan fingerprint density at radius 3 is 2.48 bits per heavy atom. The average Bonchev–Trinajstić information content (AvgIpc) is 2.57. The van der Waals surface area contributed by atoms with Gasteiger partial charge < -0.3 is 15.2 Å². The van der Waals surface area contributed by atoms with Crippen LogP contribution in [0.3, 0.4) is 0 Å². The van der Waals surface area contributed by atoms with E-state index in [9.17, 15) is 27.9 Å². The first-order valence-corrected chi connectivity index (χ1v) is 8.05. The Morgan fingerprint density at radius 1 is 1.19 bits per heavy atom. The van der Waals surface area contributed by atoms with Crippen molar-refractivity contribution in [3.8, 4) is 5.75 Å². The minimum absolute atomic E-state index is 0.144. The summed E-state index contributed by atoms with van der Waals surface area (Å²) in [6, 6.07) is 7.10. The molecule has 0 spiro atoms. The van der Waals surface area contributed by atoms with Crippen LogP contribution < -0.4 is 5.32 Å². The fraction of sp³-hybridized carbons (Fsp3) is 0.222. The third kappa shape index (κ3) is 5.13. The monoisotopic (exact) mass is 401 g/mol. The molecule has 2 aromatic carbocycles. The van der Waals surface area contributed by atoms with Gasteiger partial charge in [-0.1, -0.05) is 23.2 Å². The van der Waals surface area contributed by atoms with Crippen molar-refractivity contribution in [2.24, 2.45) is 0 Å². The number of alkyl halides is 3. The summed E-state index contributed by atoms with van der Waals surface area (Å²) in [5.74, 6) is -2.29. The van der Waals surface area contributed by atoms with Crippen molar-refractivity contribution in [1.29, 1.82) is 0 Å². The van der Waals surface area contributed by atoms with Crippen molar-refractivity contribution >= 4 is 29.2 Å². The number of hydrogen-bond acceptors (Lipinski definition) is 4. The molecule has 2 rings (SSSR count). The van der Waals surface area contributed by atoms with Crippen LogP contribution in [-0.4, -0.2) is 23.1 Å². The van der Waals surface area contributed by atoms with Gasteiger partial charge in [-0.25, -0.2) is 4.79 Å². The molecule has 0 radical (unpaired) electrons. The summed E-state index contributed by atoms with van der Waals surface area (Å²) in [4.78, 5) is 24.2. The van der Waals surface area contributed by atoms with Crippen LogP contribution in [0.1, 0.15) is 28.4 Å². The molecule has 0 heterocycles. The Kier molecular flexibility index (Phi) is 6.00. The smallest absolute Gasteiger partial charge is 0.418 e. The number of halogens is 4. The van der Waals surface area contributed by atoms with E-state index in [1.54, 1.807) is 13.0 Å². The third-order valence-corrected chi connectivity index (χ3v) is 3.80. The molecule has 0 saturated heterocycles. The van der Waals surface area contributed by atoms with Gasteiger partial charge in [0.25, 0.3) is 5.91 Å². The van der Waals surface area contributed by atoms with E-state index in [-0.39, 0.29) is 16.3 Å². The lowest BCUT2D eigenvalue weighted by Crippen LogP contribution is -2.30. The highest BCUT2D eigenvalue weighted by Gasteiger charge is 2.34. The minimum Gasteiger partial charge on any atom is -0.507 e. The largest absolute Gasteiger partial charge is 0.507 e. The number of carbonyl (C=O) groups excluding carboxylic acids is 2. The SMILES string of the molecule is Cc1ccc(O)c(C(=O)O[C@@H](C)C(=O)Nc2ccc(Cl)cc2C(F)(F)F)c1. The molecule has 2 aromatic rings. The number of aryl methyl sites for hydroxylation is 1. The molecule has 144 valence electrons. The third-order valence-electron chi connectivity index (χ3n) is 3.57. The second kappa shape index (κ2) is 7.87. The van der Waals surface area contributed by atoms with E-state index in [4.69, 9.17) is 16.3 Å². The number of nitrogens with one attached hydrogen (secondary N) is 1. The molecule has 0 unspecified atom stereocenters. The highest BCUT2D eigenvalue weighted by molar-refractivity contribution is 6.30. The molecule has 0 aliphatic heterocycles. The average molecular weight is 402 g/mol. The lowest BCUT2D eigenvalue weighted by Gasteiger charge is -2.17. The van der Waals surface area contributed by atoms with Crippen LogP contribution in [0.15, 0.2) is 36.4 Å². The first kappa shape index (κ1) is 20.6. The van der Waals surface area contributed by atoms with Crippen LogP contribution in [0.5, 0.6) is 5.75 Å². The van der Waals surface area contributed by atoms with Crippen molar-refractivity contribution in [2.45, 2.75) is 26.1 Å². The molecule has 0 fully saturated rings. The number of benzene rings is 2. The predicted octanol–water partition coefficient (Wildman–Crippen LogP) is 4.56. The zero-order chi connectivity index (χ0) is 20.4. The maximum absolute atomic E-state index is 13.1. The summed E-state index contributed by atoms with van der Waals surface area (Å²) in [6.07, 6.45) is -6.14.